The minimum Gasteiger partial charge on any atom is -0.491 e. The molecule has 0 atom stereocenters. The summed E-state index contributed by atoms with van der Waals surface area (Å²) < 4.78 is 5.52. The van der Waals surface area contributed by atoms with Gasteiger partial charge in [0, 0.05) is 41.6 Å². The van der Waals surface area contributed by atoms with E-state index in [1.165, 1.54) is 16.6 Å². The van der Waals surface area contributed by atoms with Gasteiger partial charge in [-0.2, -0.15) is 4.98 Å². The summed E-state index contributed by atoms with van der Waals surface area (Å²) in [7, 11) is 1.37. The van der Waals surface area contributed by atoms with Crippen LogP contribution in [0.15, 0.2) is 48.7 Å². The number of hydrogen-bond donors (Lipinski definition) is 3. The van der Waals surface area contributed by atoms with Gasteiger partial charge in [-0.05, 0) is 68.2 Å². The number of nitrogens with two attached hydrogens (primary N) is 1. The van der Waals surface area contributed by atoms with Crippen LogP contribution in [-0.2, 0) is 0 Å². The molecule has 1 aliphatic carbocycles. The second-order valence-corrected chi connectivity index (χ2v) is 12.1. The highest BCUT2D eigenvalue weighted by Crippen LogP contribution is 2.49. The summed E-state index contributed by atoms with van der Waals surface area (Å²) in [5.74, 6) is 1.77. The lowest BCUT2D eigenvalue weighted by atomic mass is 9.61. The molecular formula is C26H33N6OP. The third-order valence-electron chi connectivity index (χ3n) is 6.85. The molecule has 2 aromatic carbocycles. The van der Waals surface area contributed by atoms with Gasteiger partial charge < -0.3 is 26.0 Å². The lowest BCUT2D eigenvalue weighted by molar-refractivity contribution is 0.0664. The molecule has 34 heavy (non-hydrogen) atoms. The lowest BCUT2D eigenvalue weighted by Crippen LogP contribution is -2.65. The Morgan fingerprint density at radius 2 is 1.88 bits per heavy atom. The fraction of sp³-hybridized carbons (Fsp3) is 0.385. The molecule has 0 amide bonds. The molecule has 4 N–H and O–H groups in total. The third kappa shape index (κ3) is 4.42. The van der Waals surface area contributed by atoms with E-state index in [2.05, 4.69) is 77.2 Å². The van der Waals surface area contributed by atoms with Crippen LogP contribution in [0.4, 0.5) is 28.8 Å². The van der Waals surface area contributed by atoms with Gasteiger partial charge in [-0.15, -0.1) is 0 Å². The predicted molar refractivity (Wildman–Crippen MR) is 143 cm³/mol. The molecule has 178 valence electrons. The Balaban J connectivity index is 1.32. The Kier molecular flexibility index (Phi) is 6.09. The molecule has 8 heteroatoms. The van der Waals surface area contributed by atoms with Crippen molar-refractivity contribution in [2.45, 2.75) is 25.8 Å². The zero-order valence-corrected chi connectivity index (χ0v) is 21.2. The topological polar surface area (TPSA) is 88.3 Å². The first kappa shape index (κ1) is 22.9. The van der Waals surface area contributed by atoms with E-state index in [-0.39, 0.29) is 7.92 Å². The van der Waals surface area contributed by atoms with Gasteiger partial charge in [0.1, 0.15) is 0 Å². The van der Waals surface area contributed by atoms with E-state index in [9.17, 15) is 0 Å². The van der Waals surface area contributed by atoms with Crippen molar-refractivity contribution < 1.29 is 4.74 Å². The van der Waals surface area contributed by atoms with Crippen molar-refractivity contribution in [3.8, 4) is 5.75 Å². The Labute approximate surface area is 202 Å². The fourth-order valence-electron chi connectivity index (χ4n) is 5.23. The molecule has 1 saturated carbocycles. The number of aryl methyl sites for hydroxylation is 1. The van der Waals surface area contributed by atoms with E-state index in [4.69, 9.17) is 15.5 Å². The predicted octanol–water partition coefficient (Wildman–Crippen LogP) is 4.58. The maximum Gasteiger partial charge on any atom is 0.229 e. The van der Waals surface area contributed by atoms with Crippen molar-refractivity contribution >= 4 is 42.1 Å². The van der Waals surface area contributed by atoms with E-state index < -0.39 is 0 Å². The number of ether oxygens (including phenoxy) is 1. The molecule has 3 aromatic rings. The normalized spacial score (nSPS) is 16.8. The molecule has 2 heterocycles. The second-order valence-electron chi connectivity index (χ2n) is 9.80. The number of nitrogens with one attached hydrogen (secondary N) is 2. The molecule has 0 bridgehead atoms. The summed E-state index contributed by atoms with van der Waals surface area (Å²) in [6, 6.07) is 15.2. The molecule has 5 rings (SSSR count). The standard InChI is InChI=1S/C26H33N6OP/c1-17-11-19(9-10-21(17)32-15-26(16-32)12-18(27)13-26)29-25-28-14-22(33-2)24(31-25)30-20-7-5-6-8-23(20)34(3)4/h5-11,14,18H,12-13,15-16,27H2,1-4H3,(H2,28,29,30,31). The summed E-state index contributed by atoms with van der Waals surface area (Å²) >= 11 is 0. The van der Waals surface area contributed by atoms with Crippen LogP contribution < -0.4 is 31.3 Å². The summed E-state index contributed by atoms with van der Waals surface area (Å²) in [4.78, 5) is 11.6. The Morgan fingerprint density at radius 3 is 2.56 bits per heavy atom. The van der Waals surface area contributed by atoms with Gasteiger partial charge in [0.25, 0.3) is 0 Å². The van der Waals surface area contributed by atoms with Crippen molar-refractivity contribution in [1.29, 1.82) is 0 Å². The molecule has 1 aromatic heterocycles. The number of rotatable bonds is 7. The molecule has 1 spiro atoms. The summed E-state index contributed by atoms with van der Waals surface area (Å²) in [5.41, 5.74) is 11.0. The number of nitrogens with zero attached hydrogens (tertiary/aromatic N) is 3. The van der Waals surface area contributed by atoms with Crippen LogP contribution in [0.25, 0.3) is 0 Å². The van der Waals surface area contributed by atoms with Crippen LogP contribution in [-0.4, -0.2) is 49.5 Å². The maximum atomic E-state index is 6.01. The molecule has 0 unspecified atom stereocenters. The maximum absolute atomic E-state index is 6.01. The van der Waals surface area contributed by atoms with Gasteiger partial charge in [-0.1, -0.05) is 26.1 Å². The average Bonchev–Trinajstić information content (AvgIpc) is 2.76. The highest BCUT2D eigenvalue weighted by Gasteiger charge is 2.51. The Hall–Kier alpha value is -2.89. The SMILES string of the molecule is COc1cnc(Nc2ccc(N3CC4(CC(N)C4)C3)c(C)c2)nc1Nc1ccccc1P(C)C. The van der Waals surface area contributed by atoms with Crippen LogP contribution in [0, 0.1) is 12.3 Å². The number of hydrogen-bond acceptors (Lipinski definition) is 7. The summed E-state index contributed by atoms with van der Waals surface area (Å²) in [6.45, 7) is 8.87. The molecular weight excluding hydrogens is 443 g/mol. The molecule has 0 radical (unpaired) electrons. The summed E-state index contributed by atoms with van der Waals surface area (Å²) in [6.07, 6.45) is 4.02. The van der Waals surface area contributed by atoms with Crippen LogP contribution in [0.5, 0.6) is 5.75 Å². The Morgan fingerprint density at radius 1 is 1.12 bits per heavy atom. The zero-order chi connectivity index (χ0) is 23.9. The first-order chi connectivity index (χ1) is 16.4. The first-order valence-corrected chi connectivity index (χ1v) is 13.9. The highest BCUT2D eigenvalue weighted by molar-refractivity contribution is 7.64. The Bertz CT molecular complexity index is 1190. The number of aromatic nitrogens is 2. The van der Waals surface area contributed by atoms with Crippen molar-refractivity contribution in [2.24, 2.45) is 11.1 Å². The first-order valence-electron chi connectivity index (χ1n) is 11.7. The average molecular weight is 477 g/mol. The van der Waals surface area contributed by atoms with Crippen molar-refractivity contribution in [1.82, 2.24) is 9.97 Å². The van der Waals surface area contributed by atoms with Crippen LogP contribution in [0.2, 0.25) is 0 Å². The number of benzene rings is 2. The monoisotopic (exact) mass is 476 g/mol. The lowest BCUT2D eigenvalue weighted by Gasteiger charge is -2.59. The number of anilines is 5. The smallest absolute Gasteiger partial charge is 0.229 e. The summed E-state index contributed by atoms with van der Waals surface area (Å²) in [5, 5.41) is 8.10. The third-order valence-corrected chi connectivity index (χ3v) is 8.20. The molecule has 2 aliphatic rings. The van der Waals surface area contributed by atoms with E-state index in [0.717, 1.165) is 37.3 Å². The van der Waals surface area contributed by atoms with Crippen molar-refractivity contribution in [2.75, 3.05) is 49.1 Å². The minimum absolute atomic E-state index is 0.261. The largest absolute Gasteiger partial charge is 0.491 e. The molecule has 2 fully saturated rings. The van der Waals surface area contributed by atoms with Crippen molar-refractivity contribution in [3.05, 3.63) is 54.2 Å². The highest BCUT2D eigenvalue weighted by atomic mass is 31.1. The van der Waals surface area contributed by atoms with Gasteiger partial charge in [0.05, 0.1) is 13.3 Å². The van der Waals surface area contributed by atoms with Gasteiger partial charge in [0.15, 0.2) is 11.6 Å². The molecule has 1 saturated heterocycles. The van der Waals surface area contributed by atoms with Crippen molar-refractivity contribution in [3.63, 3.8) is 0 Å². The fourth-order valence-corrected chi connectivity index (χ4v) is 6.22. The minimum atomic E-state index is -0.261. The van der Waals surface area contributed by atoms with Gasteiger partial charge in [-0.25, -0.2) is 4.98 Å². The number of methoxy groups -OCH3 is 1. The second kappa shape index (κ2) is 9.05. The molecule has 7 nitrogen and oxygen atoms in total. The van der Waals surface area contributed by atoms with Crippen LogP contribution >= 0.6 is 7.92 Å². The van der Waals surface area contributed by atoms with E-state index in [1.807, 2.05) is 6.07 Å². The quantitative estimate of drug-likeness (QED) is 0.430. The van der Waals surface area contributed by atoms with E-state index >= 15 is 0 Å². The zero-order valence-electron chi connectivity index (χ0n) is 20.3. The van der Waals surface area contributed by atoms with E-state index in [0.29, 0.717) is 29.0 Å². The number of para-hydroxylation sites is 1. The molecule has 1 aliphatic heterocycles. The van der Waals surface area contributed by atoms with Gasteiger partial charge in [0.2, 0.25) is 5.95 Å². The van der Waals surface area contributed by atoms with Crippen LogP contribution in [0.3, 0.4) is 0 Å². The van der Waals surface area contributed by atoms with E-state index in [1.54, 1.807) is 13.3 Å². The van der Waals surface area contributed by atoms with Gasteiger partial charge in [-0.3, -0.25) is 0 Å². The van der Waals surface area contributed by atoms with Gasteiger partial charge >= 0.3 is 0 Å². The van der Waals surface area contributed by atoms with Crippen LogP contribution in [0.1, 0.15) is 18.4 Å².